The summed E-state index contributed by atoms with van der Waals surface area (Å²) in [5, 5.41) is 5.07. The summed E-state index contributed by atoms with van der Waals surface area (Å²) in [6.45, 7) is 8.36. The summed E-state index contributed by atoms with van der Waals surface area (Å²) in [4.78, 5) is 4.56. The van der Waals surface area contributed by atoms with Crippen LogP contribution in [-0.4, -0.2) is 16.0 Å². The molecular formula is C30H29N3. The molecule has 0 N–H and O–H groups in total. The fourth-order valence-electron chi connectivity index (χ4n) is 4.54. The van der Waals surface area contributed by atoms with Crippen molar-refractivity contribution in [1.82, 2.24) is 9.78 Å². The molecule has 1 unspecified atom stereocenters. The van der Waals surface area contributed by atoms with E-state index in [4.69, 9.17) is 5.10 Å². The Morgan fingerprint density at radius 2 is 1.82 bits per heavy atom. The molecule has 0 aliphatic carbocycles. The second-order valence-corrected chi connectivity index (χ2v) is 8.92. The van der Waals surface area contributed by atoms with Crippen molar-refractivity contribution in [3.05, 3.63) is 113 Å². The summed E-state index contributed by atoms with van der Waals surface area (Å²) in [5.41, 5.74) is 10.6. The number of aliphatic imine (C=N–C) groups is 1. The van der Waals surface area contributed by atoms with E-state index in [2.05, 4.69) is 103 Å². The van der Waals surface area contributed by atoms with Crippen LogP contribution in [0.1, 0.15) is 40.3 Å². The van der Waals surface area contributed by atoms with E-state index in [1.54, 1.807) is 0 Å². The molecule has 0 amide bonds. The Morgan fingerprint density at radius 1 is 0.970 bits per heavy atom. The van der Waals surface area contributed by atoms with Crippen molar-refractivity contribution in [2.75, 3.05) is 0 Å². The molecule has 0 radical (unpaired) electrons. The minimum Gasteiger partial charge on any atom is -0.261 e. The van der Waals surface area contributed by atoms with Crippen molar-refractivity contribution < 1.29 is 0 Å². The Hall–Kier alpha value is -3.72. The molecule has 3 aromatic carbocycles. The van der Waals surface area contributed by atoms with E-state index in [0.29, 0.717) is 0 Å². The Balaban J connectivity index is 1.57. The number of fused-ring (bicyclic) bond motifs is 1. The Morgan fingerprint density at radius 3 is 2.61 bits per heavy atom. The summed E-state index contributed by atoms with van der Waals surface area (Å²) in [6.07, 6.45) is 6.89. The molecule has 164 valence electrons. The lowest BCUT2D eigenvalue weighted by atomic mass is 9.93. The lowest BCUT2D eigenvalue weighted by Gasteiger charge is -2.13. The van der Waals surface area contributed by atoms with Gasteiger partial charge in [0.15, 0.2) is 0 Å². The molecule has 4 aromatic rings. The van der Waals surface area contributed by atoms with Crippen molar-refractivity contribution in [3.8, 4) is 16.9 Å². The van der Waals surface area contributed by atoms with Crippen molar-refractivity contribution in [3.63, 3.8) is 0 Å². The van der Waals surface area contributed by atoms with Crippen LogP contribution in [0.3, 0.4) is 0 Å². The third kappa shape index (κ3) is 4.45. The van der Waals surface area contributed by atoms with Crippen molar-refractivity contribution >= 4 is 11.9 Å². The molecule has 5 rings (SSSR count). The normalized spacial score (nSPS) is 13.5. The molecule has 0 bridgehead atoms. The monoisotopic (exact) mass is 431 g/mol. The number of allylic oxidation sites excluding steroid dienone is 1. The molecule has 33 heavy (non-hydrogen) atoms. The van der Waals surface area contributed by atoms with Gasteiger partial charge in [0.2, 0.25) is 0 Å². The Bertz CT molecular complexity index is 1330. The molecular weight excluding hydrogens is 402 g/mol. The van der Waals surface area contributed by atoms with Crippen molar-refractivity contribution in [2.45, 2.75) is 39.0 Å². The zero-order valence-corrected chi connectivity index (χ0v) is 19.3. The van der Waals surface area contributed by atoms with Crippen LogP contribution in [-0.2, 0) is 12.8 Å². The van der Waals surface area contributed by atoms with Crippen LogP contribution in [0, 0.1) is 13.8 Å². The van der Waals surface area contributed by atoms with Crippen LogP contribution in [0.4, 0.5) is 5.69 Å². The average Bonchev–Trinajstić information content (AvgIpc) is 3.26. The van der Waals surface area contributed by atoms with Gasteiger partial charge in [0, 0.05) is 24.1 Å². The van der Waals surface area contributed by atoms with Gasteiger partial charge in [-0.3, -0.25) is 4.99 Å². The van der Waals surface area contributed by atoms with Crippen LogP contribution < -0.4 is 0 Å². The first-order valence-corrected chi connectivity index (χ1v) is 11.6. The second-order valence-electron chi connectivity index (χ2n) is 8.92. The molecule has 0 fully saturated rings. The lowest BCUT2D eigenvalue weighted by Crippen LogP contribution is -2.03. The zero-order valence-electron chi connectivity index (χ0n) is 19.3. The first-order chi connectivity index (χ1) is 16.1. The topological polar surface area (TPSA) is 30.2 Å². The van der Waals surface area contributed by atoms with Crippen LogP contribution in [0.5, 0.6) is 0 Å². The van der Waals surface area contributed by atoms with E-state index < -0.39 is 0 Å². The largest absolute Gasteiger partial charge is 0.261 e. The minimum absolute atomic E-state index is 0.219. The van der Waals surface area contributed by atoms with Crippen molar-refractivity contribution in [1.29, 1.82) is 0 Å². The average molecular weight is 432 g/mol. The highest BCUT2D eigenvalue weighted by Gasteiger charge is 2.17. The molecule has 1 atom stereocenters. The number of benzene rings is 3. The van der Waals surface area contributed by atoms with E-state index in [9.17, 15) is 0 Å². The third-order valence-corrected chi connectivity index (χ3v) is 6.37. The van der Waals surface area contributed by atoms with Gasteiger partial charge in [-0.2, -0.15) is 5.10 Å². The lowest BCUT2D eigenvalue weighted by molar-refractivity contribution is 0.773. The third-order valence-electron chi connectivity index (χ3n) is 6.37. The standard InChI is InChI=1S/C30H29N3/c1-4-23(24-8-5-7-22(3)17-24)19-27-20-30(33(32-27)28-13-10-21(2)11-14-28)26-12-15-29-25(18-26)9-6-16-31-29/h4-5,7-8,10-18,20,23H,1,6,9,19H2,2-3H3. The molecule has 1 aliphatic rings. The summed E-state index contributed by atoms with van der Waals surface area (Å²) in [6, 6.07) is 26.1. The molecule has 2 heterocycles. The predicted molar refractivity (Wildman–Crippen MR) is 138 cm³/mol. The van der Waals surface area contributed by atoms with Crippen LogP contribution in [0.2, 0.25) is 0 Å². The van der Waals surface area contributed by atoms with Gasteiger partial charge in [-0.15, -0.1) is 6.58 Å². The minimum atomic E-state index is 0.219. The summed E-state index contributed by atoms with van der Waals surface area (Å²) < 4.78 is 2.08. The molecule has 3 heteroatoms. The molecule has 3 nitrogen and oxygen atoms in total. The van der Waals surface area contributed by atoms with Crippen molar-refractivity contribution in [2.24, 2.45) is 4.99 Å². The van der Waals surface area contributed by atoms with Crippen LogP contribution >= 0.6 is 0 Å². The summed E-state index contributed by atoms with van der Waals surface area (Å²) in [5.74, 6) is 0.219. The first kappa shape index (κ1) is 21.1. The molecule has 0 saturated heterocycles. The van der Waals surface area contributed by atoms with E-state index in [-0.39, 0.29) is 5.92 Å². The number of hydrogen-bond donors (Lipinski definition) is 0. The van der Waals surface area contributed by atoms with Gasteiger partial charge < -0.3 is 0 Å². The van der Waals surface area contributed by atoms with Gasteiger partial charge >= 0.3 is 0 Å². The highest BCUT2D eigenvalue weighted by atomic mass is 15.3. The number of aromatic nitrogens is 2. The van der Waals surface area contributed by atoms with Gasteiger partial charge in [-0.05, 0) is 68.1 Å². The highest BCUT2D eigenvalue weighted by Crippen LogP contribution is 2.32. The maximum atomic E-state index is 5.07. The fourth-order valence-corrected chi connectivity index (χ4v) is 4.54. The van der Waals surface area contributed by atoms with Crippen LogP contribution in [0.15, 0.2) is 90.4 Å². The number of aryl methyl sites for hydroxylation is 3. The molecule has 0 spiro atoms. The predicted octanol–water partition coefficient (Wildman–Crippen LogP) is 7.32. The quantitative estimate of drug-likeness (QED) is 0.294. The van der Waals surface area contributed by atoms with Gasteiger partial charge in [0.1, 0.15) is 0 Å². The number of rotatable bonds is 6. The summed E-state index contributed by atoms with van der Waals surface area (Å²) >= 11 is 0. The Kier molecular flexibility index (Phi) is 5.78. The molecule has 1 aliphatic heterocycles. The zero-order chi connectivity index (χ0) is 22.8. The van der Waals surface area contributed by atoms with E-state index in [1.807, 2.05) is 12.3 Å². The number of nitrogens with zero attached hydrogens (tertiary/aromatic N) is 3. The highest BCUT2D eigenvalue weighted by molar-refractivity contribution is 5.73. The smallest absolute Gasteiger partial charge is 0.0743 e. The van der Waals surface area contributed by atoms with E-state index >= 15 is 0 Å². The van der Waals surface area contributed by atoms with Gasteiger partial charge in [-0.1, -0.05) is 59.7 Å². The maximum absolute atomic E-state index is 5.07. The Labute approximate surface area is 196 Å². The number of hydrogen-bond acceptors (Lipinski definition) is 2. The van der Waals surface area contributed by atoms with E-state index in [1.165, 1.54) is 27.8 Å². The van der Waals surface area contributed by atoms with Gasteiger partial charge in [0.05, 0.1) is 22.8 Å². The van der Waals surface area contributed by atoms with Gasteiger partial charge in [-0.25, -0.2) is 4.68 Å². The summed E-state index contributed by atoms with van der Waals surface area (Å²) in [7, 11) is 0. The molecule has 0 saturated carbocycles. The van der Waals surface area contributed by atoms with E-state index in [0.717, 1.165) is 42.0 Å². The van der Waals surface area contributed by atoms with Gasteiger partial charge in [0.25, 0.3) is 0 Å². The fraction of sp³-hybridized carbons (Fsp3) is 0.200. The van der Waals surface area contributed by atoms with Crippen LogP contribution in [0.25, 0.3) is 16.9 Å². The SMILES string of the molecule is C=CC(Cc1cc(-c2ccc3c(c2)CCC=N3)n(-c2ccc(C)cc2)n1)c1cccc(C)c1. The maximum Gasteiger partial charge on any atom is 0.0743 e. The first-order valence-electron chi connectivity index (χ1n) is 11.6. The second kappa shape index (κ2) is 9.03. The molecule has 1 aromatic heterocycles.